The van der Waals surface area contributed by atoms with Gasteiger partial charge in [0.05, 0.1) is 37.3 Å². The number of hydrogen-bond acceptors (Lipinski definition) is 8. The summed E-state index contributed by atoms with van der Waals surface area (Å²) in [6, 6.07) is 12.2. The number of aromatic hydroxyl groups is 1. The Labute approximate surface area is 208 Å². The molecule has 1 aliphatic rings. The summed E-state index contributed by atoms with van der Waals surface area (Å²) in [5, 5.41) is 21.9. The Morgan fingerprint density at radius 3 is 2.69 bits per heavy atom. The van der Waals surface area contributed by atoms with E-state index < -0.39 is 0 Å². The maximum atomic E-state index is 12.8. The van der Waals surface area contributed by atoms with Gasteiger partial charge in [-0.05, 0) is 63.1 Å². The first-order valence-corrected chi connectivity index (χ1v) is 12.7. The standard InChI is InChI=1S/C25H30N4O5S/c1-3-32-19-11-12-22(33-4-2)21(14-19)26-23(31)16-35-25-28-27-24(17-7-9-18(30)10-8-17)29(25)15-20-6-5-13-34-20/h7-12,14,20,30H,3-6,13,15-16H2,1-2H3,(H,26,31)/t20-/m1/s1. The molecule has 35 heavy (non-hydrogen) atoms. The number of rotatable bonds is 11. The van der Waals surface area contributed by atoms with Crippen molar-refractivity contribution in [2.24, 2.45) is 0 Å². The molecular weight excluding hydrogens is 468 g/mol. The third-order valence-electron chi connectivity index (χ3n) is 5.42. The summed E-state index contributed by atoms with van der Waals surface area (Å²) in [6.45, 7) is 6.15. The maximum absolute atomic E-state index is 12.8. The number of benzene rings is 2. The molecule has 0 radical (unpaired) electrons. The van der Waals surface area contributed by atoms with E-state index in [-0.39, 0.29) is 23.5 Å². The van der Waals surface area contributed by atoms with Crippen LogP contribution in [0, 0.1) is 0 Å². The summed E-state index contributed by atoms with van der Waals surface area (Å²) in [5.74, 6) is 2.06. The van der Waals surface area contributed by atoms with Gasteiger partial charge >= 0.3 is 0 Å². The maximum Gasteiger partial charge on any atom is 0.234 e. The minimum absolute atomic E-state index is 0.0742. The molecule has 1 aromatic heterocycles. The van der Waals surface area contributed by atoms with Crippen LogP contribution in [0.2, 0.25) is 0 Å². The van der Waals surface area contributed by atoms with Gasteiger partial charge in [-0.1, -0.05) is 11.8 Å². The second-order valence-corrected chi connectivity index (χ2v) is 8.90. The van der Waals surface area contributed by atoms with Gasteiger partial charge in [0.15, 0.2) is 11.0 Å². The zero-order valence-corrected chi connectivity index (χ0v) is 20.7. The summed E-state index contributed by atoms with van der Waals surface area (Å²) < 4.78 is 19.0. The number of anilines is 1. The van der Waals surface area contributed by atoms with E-state index in [2.05, 4.69) is 15.5 Å². The van der Waals surface area contributed by atoms with Crippen LogP contribution in [0.25, 0.3) is 11.4 Å². The Hall–Kier alpha value is -3.24. The molecular formula is C25H30N4O5S. The second kappa shape index (κ2) is 11.9. The van der Waals surface area contributed by atoms with Gasteiger partial charge in [-0.2, -0.15) is 0 Å². The topological polar surface area (TPSA) is 108 Å². The highest BCUT2D eigenvalue weighted by Crippen LogP contribution is 2.31. The lowest BCUT2D eigenvalue weighted by Gasteiger charge is -2.15. The lowest BCUT2D eigenvalue weighted by Crippen LogP contribution is -2.18. The van der Waals surface area contributed by atoms with Crippen LogP contribution >= 0.6 is 11.8 Å². The number of phenolic OH excluding ortho intramolecular Hbond substituents is 1. The first kappa shape index (κ1) is 24.9. The van der Waals surface area contributed by atoms with Crippen LogP contribution in [0.4, 0.5) is 5.69 Å². The van der Waals surface area contributed by atoms with E-state index in [0.717, 1.165) is 25.0 Å². The quantitative estimate of drug-likeness (QED) is 0.376. The van der Waals surface area contributed by atoms with E-state index in [9.17, 15) is 9.90 Å². The van der Waals surface area contributed by atoms with Crippen LogP contribution in [0.5, 0.6) is 17.2 Å². The Balaban J connectivity index is 1.49. The van der Waals surface area contributed by atoms with Crippen LogP contribution in [-0.4, -0.2) is 57.5 Å². The third-order valence-corrected chi connectivity index (χ3v) is 6.39. The Kier molecular flexibility index (Phi) is 8.49. The zero-order valence-electron chi connectivity index (χ0n) is 19.9. The van der Waals surface area contributed by atoms with Gasteiger partial charge in [-0.3, -0.25) is 9.36 Å². The average Bonchev–Trinajstić information content (AvgIpc) is 3.51. The van der Waals surface area contributed by atoms with E-state index in [4.69, 9.17) is 14.2 Å². The molecule has 0 bridgehead atoms. The minimum atomic E-state index is -0.192. The molecule has 4 rings (SSSR count). The number of amides is 1. The van der Waals surface area contributed by atoms with Gasteiger partial charge in [0.2, 0.25) is 5.91 Å². The molecule has 1 atom stereocenters. The molecule has 3 aromatic rings. The Bertz CT molecular complexity index is 1130. The highest BCUT2D eigenvalue weighted by atomic mass is 32.2. The number of carbonyl (C=O) groups excluding carboxylic acids is 1. The van der Waals surface area contributed by atoms with Crippen molar-refractivity contribution in [2.45, 2.75) is 44.5 Å². The SMILES string of the molecule is CCOc1ccc(OCC)c(NC(=O)CSc2nnc(-c3ccc(O)cc3)n2C[C@H]2CCCO2)c1. The molecule has 9 nitrogen and oxygen atoms in total. The summed E-state index contributed by atoms with van der Waals surface area (Å²) in [4.78, 5) is 12.8. The Morgan fingerprint density at radius 1 is 1.17 bits per heavy atom. The van der Waals surface area contributed by atoms with E-state index in [0.29, 0.717) is 47.9 Å². The van der Waals surface area contributed by atoms with Crippen LogP contribution < -0.4 is 14.8 Å². The van der Waals surface area contributed by atoms with Crippen molar-refractivity contribution in [3.05, 3.63) is 42.5 Å². The lowest BCUT2D eigenvalue weighted by molar-refractivity contribution is -0.113. The van der Waals surface area contributed by atoms with Gasteiger partial charge < -0.3 is 24.6 Å². The lowest BCUT2D eigenvalue weighted by atomic mass is 10.2. The number of nitrogens with one attached hydrogen (secondary N) is 1. The average molecular weight is 499 g/mol. The zero-order chi connectivity index (χ0) is 24.6. The first-order chi connectivity index (χ1) is 17.1. The van der Waals surface area contributed by atoms with Crippen molar-refractivity contribution in [1.29, 1.82) is 0 Å². The summed E-state index contributed by atoms with van der Waals surface area (Å²) in [7, 11) is 0. The van der Waals surface area contributed by atoms with Gasteiger partial charge in [-0.25, -0.2) is 0 Å². The third kappa shape index (κ3) is 6.46. The number of aromatic nitrogens is 3. The number of carbonyl (C=O) groups is 1. The largest absolute Gasteiger partial charge is 0.508 e. The molecule has 186 valence electrons. The predicted octanol–water partition coefficient (Wildman–Crippen LogP) is 4.36. The molecule has 1 amide bonds. The van der Waals surface area contributed by atoms with Crippen molar-refractivity contribution in [3.63, 3.8) is 0 Å². The molecule has 1 aliphatic heterocycles. The van der Waals surface area contributed by atoms with E-state index in [1.165, 1.54) is 11.8 Å². The number of phenols is 1. The highest BCUT2D eigenvalue weighted by Gasteiger charge is 2.22. The molecule has 0 spiro atoms. The van der Waals surface area contributed by atoms with E-state index in [1.807, 2.05) is 24.5 Å². The molecule has 10 heteroatoms. The van der Waals surface area contributed by atoms with Gasteiger partial charge in [0.1, 0.15) is 17.2 Å². The molecule has 0 aliphatic carbocycles. The fourth-order valence-corrected chi connectivity index (χ4v) is 4.58. The molecule has 2 heterocycles. The van der Waals surface area contributed by atoms with Crippen molar-refractivity contribution < 1.29 is 24.1 Å². The van der Waals surface area contributed by atoms with Crippen molar-refractivity contribution in [1.82, 2.24) is 14.8 Å². The molecule has 2 aromatic carbocycles. The van der Waals surface area contributed by atoms with Crippen LogP contribution in [0.3, 0.4) is 0 Å². The van der Waals surface area contributed by atoms with Gasteiger partial charge in [-0.15, -0.1) is 10.2 Å². The minimum Gasteiger partial charge on any atom is -0.508 e. The van der Waals surface area contributed by atoms with Gasteiger partial charge in [0.25, 0.3) is 0 Å². The fraction of sp³-hybridized carbons (Fsp3) is 0.400. The first-order valence-electron chi connectivity index (χ1n) is 11.7. The molecule has 0 unspecified atom stereocenters. The molecule has 2 N–H and O–H groups in total. The Morgan fingerprint density at radius 2 is 1.97 bits per heavy atom. The van der Waals surface area contributed by atoms with Crippen molar-refractivity contribution >= 4 is 23.4 Å². The number of hydrogen-bond donors (Lipinski definition) is 2. The van der Waals surface area contributed by atoms with Crippen LogP contribution in [0.1, 0.15) is 26.7 Å². The monoisotopic (exact) mass is 498 g/mol. The van der Waals surface area contributed by atoms with E-state index in [1.54, 1.807) is 36.4 Å². The predicted molar refractivity (Wildman–Crippen MR) is 134 cm³/mol. The van der Waals surface area contributed by atoms with Gasteiger partial charge in [0, 0.05) is 18.2 Å². The number of nitrogens with zero attached hydrogens (tertiary/aromatic N) is 3. The summed E-state index contributed by atoms with van der Waals surface area (Å²) in [6.07, 6.45) is 2.06. The fourth-order valence-electron chi connectivity index (χ4n) is 3.84. The van der Waals surface area contributed by atoms with Crippen molar-refractivity contribution in [2.75, 3.05) is 30.9 Å². The highest BCUT2D eigenvalue weighted by molar-refractivity contribution is 7.99. The number of ether oxygens (including phenoxy) is 3. The molecule has 1 fully saturated rings. The molecule has 0 saturated carbocycles. The number of thioether (sulfide) groups is 1. The van der Waals surface area contributed by atoms with Crippen LogP contribution in [0.15, 0.2) is 47.6 Å². The summed E-state index contributed by atoms with van der Waals surface area (Å²) in [5.41, 5.74) is 1.40. The van der Waals surface area contributed by atoms with E-state index >= 15 is 0 Å². The second-order valence-electron chi connectivity index (χ2n) is 7.96. The van der Waals surface area contributed by atoms with Crippen molar-refractivity contribution in [3.8, 4) is 28.6 Å². The van der Waals surface area contributed by atoms with Crippen LogP contribution in [-0.2, 0) is 16.1 Å². The summed E-state index contributed by atoms with van der Waals surface area (Å²) >= 11 is 1.31. The normalized spacial score (nSPS) is 15.2. The molecule has 1 saturated heterocycles. The smallest absolute Gasteiger partial charge is 0.234 e.